The van der Waals surface area contributed by atoms with E-state index in [1.165, 1.54) is 38.5 Å². The molecule has 3 aromatic rings. The third kappa shape index (κ3) is 6.78. The van der Waals surface area contributed by atoms with Gasteiger partial charge in [0.05, 0.1) is 25.5 Å². The first kappa shape index (κ1) is 30.8. The smallest absolute Gasteiger partial charge is 0.259 e. The van der Waals surface area contributed by atoms with E-state index >= 15 is 0 Å². The fourth-order valence-electron chi connectivity index (χ4n) is 5.50. The van der Waals surface area contributed by atoms with Gasteiger partial charge in [0, 0.05) is 62.1 Å². The molecule has 0 radical (unpaired) electrons. The van der Waals surface area contributed by atoms with Gasteiger partial charge in [0.2, 0.25) is 23.6 Å². The van der Waals surface area contributed by atoms with Crippen LogP contribution in [0.4, 0.5) is 29.2 Å². The van der Waals surface area contributed by atoms with Gasteiger partial charge in [-0.15, -0.1) is 0 Å². The molecule has 2 aromatic carbocycles. The fourth-order valence-corrected chi connectivity index (χ4v) is 5.50. The molecule has 236 valence electrons. The lowest BCUT2D eigenvalue weighted by Crippen LogP contribution is -2.54. The van der Waals surface area contributed by atoms with Crippen LogP contribution in [0.25, 0.3) is 0 Å². The molecule has 1 aromatic heterocycles. The first-order chi connectivity index (χ1) is 21.0. The number of ether oxygens (including phenoxy) is 2. The fraction of sp³-hybridized carbons (Fsp3) is 0.429. The zero-order valence-electron chi connectivity index (χ0n) is 24.6. The Morgan fingerprint density at radius 1 is 0.841 bits per heavy atom. The van der Waals surface area contributed by atoms with Gasteiger partial charge in [-0.25, -0.2) is 0 Å². The van der Waals surface area contributed by atoms with E-state index in [1.807, 2.05) is 9.80 Å². The quantitative estimate of drug-likeness (QED) is 0.157. The summed E-state index contributed by atoms with van der Waals surface area (Å²) < 4.78 is 10.3. The van der Waals surface area contributed by atoms with Gasteiger partial charge < -0.3 is 63.1 Å². The van der Waals surface area contributed by atoms with Gasteiger partial charge in [-0.05, 0) is 37.1 Å². The summed E-state index contributed by atoms with van der Waals surface area (Å²) in [7, 11) is 2.77. The number of phenols is 2. The van der Waals surface area contributed by atoms with Crippen molar-refractivity contribution in [3.63, 3.8) is 0 Å². The Labute approximate surface area is 254 Å². The second kappa shape index (κ2) is 12.9. The number of carbonyl (C=O) groups is 1. The standard InChI is InChI=1S/C28H39N11O5/c1-43-22-6-4-19(23(41)24(22)44-2)25(42)34-20-5-3-18(9-21(20)40)33-26-35-27(38-10-14(29)7-15(30)11-38)37-28(36-26)39-12-16(31)8-17(32)13-39/h3-6,9,14-17,40-41H,7-8,10-13,29-32H2,1-2H3,(H,34,42)(H,33,35,36,37)/t14-,15+,16-,17+. The van der Waals surface area contributed by atoms with Crippen LogP contribution in [-0.2, 0) is 0 Å². The van der Waals surface area contributed by atoms with Gasteiger partial charge in [-0.2, -0.15) is 15.0 Å². The molecular weight excluding hydrogens is 570 g/mol. The second-order valence-corrected chi connectivity index (χ2v) is 11.1. The molecule has 2 aliphatic heterocycles. The van der Waals surface area contributed by atoms with Gasteiger partial charge in [-0.3, -0.25) is 4.79 Å². The normalized spacial score (nSPS) is 22.0. The van der Waals surface area contributed by atoms with Gasteiger partial charge in [0.15, 0.2) is 11.5 Å². The average Bonchev–Trinajstić information content (AvgIpc) is 2.97. The minimum absolute atomic E-state index is 0.0158. The highest BCUT2D eigenvalue weighted by Crippen LogP contribution is 2.39. The number of amides is 1. The van der Waals surface area contributed by atoms with Crippen molar-refractivity contribution in [1.29, 1.82) is 0 Å². The lowest BCUT2D eigenvalue weighted by molar-refractivity contribution is 0.102. The predicted molar refractivity (Wildman–Crippen MR) is 166 cm³/mol. The molecule has 16 heteroatoms. The minimum Gasteiger partial charge on any atom is -0.506 e. The molecule has 2 fully saturated rings. The highest BCUT2D eigenvalue weighted by atomic mass is 16.5. The summed E-state index contributed by atoms with van der Waals surface area (Å²) in [6.07, 6.45) is 1.40. The number of phenolic OH excluding ortho intramolecular Hbond substituents is 2. The molecule has 1 amide bonds. The van der Waals surface area contributed by atoms with Gasteiger partial charge in [0.25, 0.3) is 5.91 Å². The Hall–Kier alpha value is -4.64. The molecule has 3 heterocycles. The largest absolute Gasteiger partial charge is 0.506 e. The Balaban J connectivity index is 1.39. The Kier molecular flexibility index (Phi) is 9.05. The van der Waals surface area contributed by atoms with Crippen LogP contribution in [0, 0.1) is 0 Å². The third-order valence-electron chi connectivity index (χ3n) is 7.47. The molecule has 2 aliphatic rings. The summed E-state index contributed by atoms with van der Waals surface area (Å²) in [6.45, 7) is 2.11. The number of nitrogens with one attached hydrogen (secondary N) is 2. The first-order valence-electron chi connectivity index (χ1n) is 14.2. The maximum Gasteiger partial charge on any atom is 0.259 e. The van der Waals surface area contributed by atoms with E-state index in [-0.39, 0.29) is 58.6 Å². The number of benzene rings is 2. The van der Waals surface area contributed by atoms with Crippen molar-refractivity contribution in [2.75, 3.05) is 60.8 Å². The van der Waals surface area contributed by atoms with Crippen LogP contribution in [0.3, 0.4) is 0 Å². The third-order valence-corrected chi connectivity index (χ3v) is 7.47. The van der Waals surface area contributed by atoms with E-state index in [9.17, 15) is 15.0 Å². The molecule has 0 spiro atoms. The summed E-state index contributed by atoms with van der Waals surface area (Å²) in [4.78, 5) is 30.8. The monoisotopic (exact) mass is 609 g/mol. The van der Waals surface area contributed by atoms with Crippen molar-refractivity contribution in [3.8, 4) is 23.0 Å². The molecule has 0 unspecified atom stereocenters. The number of nitrogens with zero attached hydrogens (tertiary/aromatic N) is 5. The predicted octanol–water partition coefficient (Wildman–Crippen LogP) is 0.0253. The summed E-state index contributed by atoms with van der Waals surface area (Å²) in [5.41, 5.74) is 25.4. The van der Waals surface area contributed by atoms with Crippen molar-refractivity contribution in [2.45, 2.75) is 37.0 Å². The van der Waals surface area contributed by atoms with Crippen LogP contribution in [0.2, 0.25) is 0 Å². The number of aromatic hydroxyl groups is 2. The zero-order valence-corrected chi connectivity index (χ0v) is 24.6. The molecule has 44 heavy (non-hydrogen) atoms. The van der Waals surface area contributed by atoms with Crippen LogP contribution in [0.1, 0.15) is 23.2 Å². The molecule has 2 saturated heterocycles. The molecule has 4 atom stereocenters. The molecule has 16 nitrogen and oxygen atoms in total. The lowest BCUT2D eigenvalue weighted by atomic mass is 10.0. The maximum absolute atomic E-state index is 12.9. The Morgan fingerprint density at radius 2 is 1.41 bits per heavy atom. The summed E-state index contributed by atoms with van der Waals surface area (Å²) in [5, 5.41) is 27.0. The molecule has 12 N–H and O–H groups in total. The van der Waals surface area contributed by atoms with E-state index in [0.717, 1.165) is 0 Å². The highest BCUT2D eigenvalue weighted by Gasteiger charge is 2.29. The van der Waals surface area contributed by atoms with Crippen LogP contribution in [-0.4, -0.2) is 95.6 Å². The number of nitrogens with two attached hydrogens (primary N) is 4. The van der Waals surface area contributed by atoms with E-state index in [0.29, 0.717) is 56.6 Å². The SMILES string of the molecule is COc1ccc(C(=O)Nc2ccc(Nc3nc(N4C[C@H](N)C[C@H](N)C4)nc(N4C[C@H](N)C[C@H](N)C4)n3)cc2O)c(O)c1OC. The van der Waals surface area contributed by atoms with Gasteiger partial charge >= 0.3 is 0 Å². The molecule has 0 aliphatic carbocycles. The number of rotatable bonds is 8. The Bertz CT molecular complexity index is 1440. The number of hydrogen-bond donors (Lipinski definition) is 8. The average molecular weight is 610 g/mol. The maximum atomic E-state index is 12.9. The van der Waals surface area contributed by atoms with Crippen molar-refractivity contribution in [1.82, 2.24) is 15.0 Å². The number of anilines is 5. The van der Waals surface area contributed by atoms with Crippen LogP contribution in [0.5, 0.6) is 23.0 Å². The van der Waals surface area contributed by atoms with E-state index in [1.54, 1.807) is 6.07 Å². The number of hydrogen-bond acceptors (Lipinski definition) is 15. The summed E-state index contributed by atoms with van der Waals surface area (Å²) >= 11 is 0. The van der Waals surface area contributed by atoms with E-state index < -0.39 is 11.7 Å². The van der Waals surface area contributed by atoms with Crippen molar-refractivity contribution in [2.24, 2.45) is 22.9 Å². The van der Waals surface area contributed by atoms with Crippen LogP contribution >= 0.6 is 0 Å². The number of piperidine rings is 2. The number of methoxy groups -OCH3 is 2. The molecule has 5 rings (SSSR count). The van der Waals surface area contributed by atoms with E-state index in [4.69, 9.17) is 37.4 Å². The van der Waals surface area contributed by atoms with Crippen LogP contribution < -0.4 is 52.8 Å². The topological polar surface area (TPSA) is 249 Å². The van der Waals surface area contributed by atoms with Gasteiger partial charge in [0.1, 0.15) is 5.75 Å². The highest BCUT2D eigenvalue weighted by molar-refractivity contribution is 6.07. The van der Waals surface area contributed by atoms with Crippen molar-refractivity contribution in [3.05, 3.63) is 35.9 Å². The van der Waals surface area contributed by atoms with Crippen molar-refractivity contribution < 1.29 is 24.5 Å². The molecule has 0 saturated carbocycles. The van der Waals surface area contributed by atoms with Crippen molar-refractivity contribution >= 4 is 35.1 Å². The molecule has 0 bridgehead atoms. The lowest BCUT2D eigenvalue weighted by Gasteiger charge is -2.37. The first-order valence-corrected chi connectivity index (χ1v) is 14.2. The number of carbonyl (C=O) groups excluding carboxylic acids is 1. The van der Waals surface area contributed by atoms with Crippen LogP contribution in [0.15, 0.2) is 30.3 Å². The minimum atomic E-state index is -0.665. The van der Waals surface area contributed by atoms with Gasteiger partial charge in [-0.1, -0.05) is 0 Å². The molecular formula is C28H39N11O5. The number of aromatic nitrogens is 3. The summed E-state index contributed by atoms with van der Waals surface area (Å²) in [6, 6.07) is 6.90. The summed E-state index contributed by atoms with van der Waals surface area (Å²) in [5.74, 6) is 0.00771. The zero-order chi connectivity index (χ0) is 31.5. The second-order valence-electron chi connectivity index (χ2n) is 11.1. The van der Waals surface area contributed by atoms with E-state index in [2.05, 4.69) is 20.6 Å². The Morgan fingerprint density at radius 3 is 1.91 bits per heavy atom.